The number of likely N-dealkylation sites (tertiary alicyclic amines) is 1. The van der Waals surface area contributed by atoms with Crippen LogP contribution in [0.25, 0.3) is 0 Å². The molecule has 0 radical (unpaired) electrons. The van der Waals surface area contributed by atoms with E-state index in [4.69, 9.17) is 9.47 Å². The summed E-state index contributed by atoms with van der Waals surface area (Å²) in [6.07, 6.45) is 1.11. The topological polar surface area (TPSA) is 75.2 Å². The van der Waals surface area contributed by atoms with E-state index >= 15 is 0 Å². The van der Waals surface area contributed by atoms with Crippen LogP contribution in [0.3, 0.4) is 0 Å². The van der Waals surface area contributed by atoms with Crippen molar-refractivity contribution in [3.05, 3.63) is 0 Å². The van der Waals surface area contributed by atoms with Gasteiger partial charge in [-0.25, -0.2) is 0 Å². The van der Waals surface area contributed by atoms with Gasteiger partial charge in [-0.05, 0) is 6.42 Å². The van der Waals surface area contributed by atoms with Crippen molar-refractivity contribution >= 4 is 35.8 Å². The summed E-state index contributed by atoms with van der Waals surface area (Å²) in [7, 11) is 3.47. The van der Waals surface area contributed by atoms with E-state index in [-0.39, 0.29) is 35.8 Å². The highest BCUT2D eigenvalue weighted by molar-refractivity contribution is 14.0. The Morgan fingerprint density at radius 2 is 2.00 bits per heavy atom. The van der Waals surface area contributed by atoms with Gasteiger partial charge in [0.1, 0.15) is 0 Å². The highest BCUT2D eigenvalue weighted by Gasteiger charge is 2.24. The quantitative estimate of drug-likeness (QED) is 0.234. The van der Waals surface area contributed by atoms with E-state index in [1.165, 1.54) is 0 Å². The second kappa shape index (κ2) is 13.7. The molecule has 0 saturated carbocycles. The summed E-state index contributed by atoms with van der Waals surface area (Å²) < 4.78 is 10.6. The van der Waals surface area contributed by atoms with Crippen LogP contribution in [0, 0.1) is 11.8 Å². The molecule has 0 bridgehead atoms. The van der Waals surface area contributed by atoms with Gasteiger partial charge < -0.3 is 25.0 Å². The van der Waals surface area contributed by atoms with Crippen molar-refractivity contribution in [1.82, 2.24) is 15.5 Å². The zero-order valence-electron chi connectivity index (χ0n) is 15.3. The van der Waals surface area contributed by atoms with Crippen molar-refractivity contribution < 1.29 is 14.3 Å². The van der Waals surface area contributed by atoms with Crippen LogP contribution >= 0.6 is 24.0 Å². The lowest BCUT2D eigenvalue weighted by atomic mass is 10.1. The van der Waals surface area contributed by atoms with Gasteiger partial charge in [-0.3, -0.25) is 9.79 Å². The number of amides is 1. The molecule has 0 aromatic carbocycles. The number of nitrogens with one attached hydrogen (secondary N) is 2. The average Bonchev–Trinajstić information content (AvgIpc) is 3.00. The maximum absolute atomic E-state index is 11.5. The van der Waals surface area contributed by atoms with Crippen molar-refractivity contribution in [2.24, 2.45) is 16.8 Å². The highest BCUT2D eigenvalue weighted by Crippen LogP contribution is 2.16. The van der Waals surface area contributed by atoms with Gasteiger partial charge >= 0.3 is 0 Å². The SMILES string of the molecule is CN=C(NCCNC(=O)C(C)C)N1CCC(COCCOC)C1.I. The van der Waals surface area contributed by atoms with Gasteiger partial charge in [0.25, 0.3) is 0 Å². The molecule has 1 rings (SSSR count). The number of aliphatic imine (C=N–C) groups is 1. The Morgan fingerprint density at radius 1 is 1.29 bits per heavy atom. The third-order valence-corrected chi connectivity index (χ3v) is 3.81. The first-order chi connectivity index (χ1) is 11.1. The van der Waals surface area contributed by atoms with Crippen LogP contribution in [0.2, 0.25) is 0 Å². The standard InChI is InChI=1S/C16H32N4O3.HI/c1-13(2)15(21)18-6-7-19-16(17-3)20-8-5-14(11-20)12-23-10-9-22-4;/h13-14H,5-12H2,1-4H3,(H,17,19)(H,18,21);1H. The van der Waals surface area contributed by atoms with Crippen LogP contribution in [0.15, 0.2) is 4.99 Å². The lowest BCUT2D eigenvalue weighted by molar-refractivity contribution is -0.123. The van der Waals surface area contributed by atoms with Crippen LogP contribution in [0.4, 0.5) is 0 Å². The molecule has 1 fully saturated rings. The molecule has 1 heterocycles. The summed E-state index contributed by atoms with van der Waals surface area (Å²) in [4.78, 5) is 18.1. The Balaban J connectivity index is 0.00000529. The second-order valence-corrected chi connectivity index (χ2v) is 6.09. The molecule has 2 N–H and O–H groups in total. The Kier molecular flexibility index (Phi) is 13.3. The van der Waals surface area contributed by atoms with E-state index in [9.17, 15) is 4.79 Å². The summed E-state index contributed by atoms with van der Waals surface area (Å²) in [5, 5.41) is 6.20. The van der Waals surface area contributed by atoms with E-state index in [1.54, 1.807) is 14.2 Å². The summed E-state index contributed by atoms with van der Waals surface area (Å²) in [5.41, 5.74) is 0. The fraction of sp³-hybridized carbons (Fsp3) is 0.875. The molecule has 0 aliphatic carbocycles. The van der Waals surface area contributed by atoms with Crippen LogP contribution in [-0.2, 0) is 14.3 Å². The fourth-order valence-electron chi connectivity index (χ4n) is 2.45. The van der Waals surface area contributed by atoms with Crippen molar-refractivity contribution in [2.75, 3.05) is 60.2 Å². The van der Waals surface area contributed by atoms with E-state index in [2.05, 4.69) is 20.5 Å². The number of guanidine groups is 1. The van der Waals surface area contributed by atoms with Gasteiger partial charge in [0, 0.05) is 52.2 Å². The molecule has 1 atom stereocenters. The molecule has 1 aliphatic heterocycles. The van der Waals surface area contributed by atoms with E-state index in [0.717, 1.165) is 32.1 Å². The Labute approximate surface area is 162 Å². The number of nitrogens with zero attached hydrogens (tertiary/aromatic N) is 2. The van der Waals surface area contributed by atoms with Crippen LogP contribution in [0.1, 0.15) is 20.3 Å². The number of ether oxygens (including phenoxy) is 2. The van der Waals surface area contributed by atoms with Gasteiger partial charge in [-0.1, -0.05) is 13.8 Å². The van der Waals surface area contributed by atoms with Crippen molar-refractivity contribution in [3.63, 3.8) is 0 Å². The minimum atomic E-state index is 0. The summed E-state index contributed by atoms with van der Waals surface area (Å²) in [6, 6.07) is 0. The first-order valence-corrected chi connectivity index (χ1v) is 8.38. The molecular formula is C16H33IN4O3. The molecular weight excluding hydrogens is 423 g/mol. The molecule has 142 valence electrons. The van der Waals surface area contributed by atoms with E-state index in [0.29, 0.717) is 32.2 Å². The van der Waals surface area contributed by atoms with Crippen molar-refractivity contribution in [1.29, 1.82) is 0 Å². The molecule has 0 aromatic rings. The Bertz CT molecular complexity index is 380. The Hall–Kier alpha value is -0.610. The lowest BCUT2D eigenvalue weighted by Gasteiger charge is -2.22. The minimum absolute atomic E-state index is 0. The molecule has 1 unspecified atom stereocenters. The number of methoxy groups -OCH3 is 1. The maximum atomic E-state index is 11.5. The molecule has 0 spiro atoms. The van der Waals surface area contributed by atoms with E-state index < -0.39 is 0 Å². The summed E-state index contributed by atoms with van der Waals surface area (Å²) >= 11 is 0. The number of hydrogen-bond acceptors (Lipinski definition) is 4. The number of halogens is 1. The number of carbonyl (C=O) groups excluding carboxylic acids is 1. The van der Waals surface area contributed by atoms with Gasteiger partial charge in [-0.2, -0.15) is 0 Å². The van der Waals surface area contributed by atoms with Crippen molar-refractivity contribution in [2.45, 2.75) is 20.3 Å². The molecule has 8 heteroatoms. The molecule has 1 amide bonds. The van der Waals surface area contributed by atoms with Gasteiger partial charge in [0.2, 0.25) is 5.91 Å². The van der Waals surface area contributed by atoms with Gasteiger partial charge in [0.05, 0.1) is 19.8 Å². The smallest absolute Gasteiger partial charge is 0.222 e. The molecule has 24 heavy (non-hydrogen) atoms. The zero-order chi connectivity index (χ0) is 17.1. The minimum Gasteiger partial charge on any atom is -0.382 e. The average molecular weight is 456 g/mol. The van der Waals surface area contributed by atoms with Crippen LogP contribution in [0.5, 0.6) is 0 Å². The Morgan fingerprint density at radius 3 is 2.62 bits per heavy atom. The van der Waals surface area contributed by atoms with Crippen LogP contribution < -0.4 is 10.6 Å². The third-order valence-electron chi connectivity index (χ3n) is 3.81. The first kappa shape index (κ1) is 23.4. The summed E-state index contributed by atoms with van der Waals surface area (Å²) in [5.74, 6) is 1.53. The summed E-state index contributed by atoms with van der Waals surface area (Å²) in [6.45, 7) is 9.05. The van der Waals surface area contributed by atoms with Gasteiger partial charge in [0.15, 0.2) is 5.96 Å². The van der Waals surface area contributed by atoms with Crippen LogP contribution in [-0.4, -0.2) is 76.9 Å². The molecule has 1 saturated heterocycles. The molecule has 0 aromatic heterocycles. The van der Waals surface area contributed by atoms with Crippen molar-refractivity contribution in [3.8, 4) is 0 Å². The number of hydrogen-bond donors (Lipinski definition) is 2. The van der Waals surface area contributed by atoms with Gasteiger partial charge in [-0.15, -0.1) is 24.0 Å². The zero-order valence-corrected chi connectivity index (χ0v) is 17.7. The fourth-order valence-corrected chi connectivity index (χ4v) is 2.45. The monoisotopic (exact) mass is 456 g/mol. The maximum Gasteiger partial charge on any atom is 0.222 e. The second-order valence-electron chi connectivity index (χ2n) is 6.09. The van der Waals surface area contributed by atoms with E-state index in [1.807, 2.05) is 13.8 Å². The largest absolute Gasteiger partial charge is 0.382 e. The highest BCUT2D eigenvalue weighted by atomic mass is 127. The first-order valence-electron chi connectivity index (χ1n) is 8.38. The normalized spacial score (nSPS) is 17.8. The molecule has 1 aliphatic rings. The predicted octanol–water partition coefficient (Wildman–Crippen LogP) is 0.937. The number of rotatable bonds is 9. The lowest BCUT2D eigenvalue weighted by Crippen LogP contribution is -2.43. The molecule has 7 nitrogen and oxygen atoms in total. The number of carbonyl (C=O) groups is 1. The third kappa shape index (κ3) is 9.03. The predicted molar refractivity (Wildman–Crippen MR) is 107 cm³/mol.